The van der Waals surface area contributed by atoms with Gasteiger partial charge in [0, 0.05) is 18.4 Å². The molecule has 2 rings (SSSR count). The summed E-state index contributed by atoms with van der Waals surface area (Å²) in [5, 5.41) is 3.12. The summed E-state index contributed by atoms with van der Waals surface area (Å²) in [6.45, 7) is 2.46. The van der Waals surface area contributed by atoms with Gasteiger partial charge in [-0.25, -0.2) is 0 Å². The second kappa shape index (κ2) is 6.72. The van der Waals surface area contributed by atoms with Crippen molar-refractivity contribution in [1.29, 1.82) is 0 Å². The van der Waals surface area contributed by atoms with Gasteiger partial charge in [0.25, 0.3) is 0 Å². The summed E-state index contributed by atoms with van der Waals surface area (Å²) >= 11 is 0. The van der Waals surface area contributed by atoms with Crippen molar-refractivity contribution in [2.75, 3.05) is 6.54 Å². The van der Waals surface area contributed by atoms with Crippen LogP contribution < -0.4 is 5.32 Å². The van der Waals surface area contributed by atoms with Gasteiger partial charge in [-0.3, -0.25) is 4.98 Å². The van der Waals surface area contributed by atoms with E-state index in [4.69, 9.17) is 0 Å². The second-order valence-corrected chi connectivity index (χ2v) is 4.76. The zero-order valence-electron chi connectivity index (χ0n) is 11.7. The van der Waals surface area contributed by atoms with Gasteiger partial charge in [0.2, 0.25) is 0 Å². The number of halogens is 3. The average Bonchev–Trinajstić information content (AvgIpc) is 2.47. The highest BCUT2D eigenvalue weighted by molar-refractivity contribution is 5.31. The first kappa shape index (κ1) is 15.5. The lowest BCUT2D eigenvalue weighted by atomic mass is 9.96. The third kappa shape index (κ3) is 4.04. The van der Waals surface area contributed by atoms with Crippen LogP contribution in [0.25, 0.3) is 0 Å². The van der Waals surface area contributed by atoms with E-state index >= 15 is 0 Å². The minimum atomic E-state index is -4.37. The molecule has 1 N–H and O–H groups in total. The van der Waals surface area contributed by atoms with E-state index in [0.29, 0.717) is 13.0 Å². The van der Waals surface area contributed by atoms with Gasteiger partial charge in [0.15, 0.2) is 0 Å². The number of likely N-dealkylation sites (N-methyl/N-ethyl adjacent to an activating group) is 1. The van der Waals surface area contributed by atoms with Crippen molar-refractivity contribution in [2.24, 2.45) is 0 Å². The molecule has 112 valence electrons. The van der Waals surface area contributed by atoms with Gasteiger partial charge in [0.1, 0.15) is 0 Å². The zero-order valence-corrected chi connectivity index (χ0v) is 11.7. The van der Waals surface area contributed by atoms with Crippen LogP contribution in [0, 0.1) is 0 Å². The molecule has 1 heterocycles. The molecule has 0 radical (unpaired) electrons. The molecule has 0 aliphatic rings. The van der Waals surface area contributed by atoms with E-state index in [1.807, 2.05) is 37.3 Å². The van der Waals surface area contributed by atoms with E-state index in [9.17, 15) is 13.2 Å². The van der Waals surface area contributed by atoms with Gasteiger partial charge < -0.3 is 5.32 Å². The van der Waals surface area contributed by atoms with Crippen LogP contribution in [0.5, 0.6) is 0 Å². The summed E-state index contributed by atoms with van der Waals surface area (Å²) in [5.41, 5.74) is 0.551. The Balaban J connectivity index is 2.35. The van der Waals surface area contributed by atoms with Crippen LogP contribution in [0.3, 0.4) is 0 Å². The highest BCUT2D eigenvalue weighted by Gasteiger charge is 2.35. The summed E-state index contributed by atoms with van der Waals surface area (Å²) in [6.07, 6.45) is -1.40. The number of hydrogen-bond acceptors (Lipinski definition) is 2. The van der Waals surface area contributed by atoms with E-state index in [0.717, 1.165) is 11.6 Å². The van der Waals surface area contributed by atoms with Crippen LogP contribution in [-0.4, -0.2) is 11.5 Å². The molecule has 2 aromatic rings. The fourth-order valence-electron chi connectivity index (χ4n) is 2.33. The Hall–Kier alpha value is -1.88. The van der Waals surface area contributed by atoms with Gasteiger partial charge in [-0.2, -0.15) is 13.2 Å². The summed E-state index contributed by atoms with van der Waals surface area (Å²) in [6, 6.07) is 10.1. The van der Waals surface area contributed by atoms with Gasteiger partial charge in [0.05, 0.1) is 5.56 Å². The topological polar surface area (TPSA) is 24.9 Å². The smallest absolute Gasteiger partial charge is 0.310 e. The highest BCUT2D eigenvalue weighted by Crippen LogP contribution is 2.34. The summed E-state index contributed by atoms with van der Waals surface area (Å²) in [7, 11) is 0. The number of nitrogens with zero attached hydrogens (tertiary/aromatic N) is 1. The molecular formula is C16H17F3N2. The van der Waals surface area contributed by atoms with E-state index in [-0.39, 0.29) is 5.56 Å². The first-order valence-electron chi connectivity index (χ1n) is 6.80. The summed E-state index contributed by atoms with van der Waals surface area (Å²) in [4.78, 5) is 3.86. The monoisotopic (exact) mass is 294 g/mol. The zero-order chi connectivity index (χ0) is 15.3. The van der Waals surface area contributed by atoms with Crippen LogP contribution in [-0.2, 0) is 12.6 Å². The molecule has 1 aromatic heterocycles. The van der Waals surface area contributed by atoms with Crippen molar-refractivity contribution in [1.82, 2.24) is 10.3 Å². The fourth-order valence-corrected chi connectivity index (χ4v) is 2.33. The maximum absolute atomic E-state index is 13.1. The molecule has 0 saturated carbocycles. The Morgan fingerprint density at radius 1 is 1.14 bits per heavy atom. The van der Waals surface area contributed by atoms with Crippen LogP contribution >= 0.6 is 0 Å². The van der Waals surface area contributed by atoms with Gasteiger partial charge in [-0.05, 0) is 30.2 Å². The third-order valence-corrected chi connectivity index (χ3v) is 3.27. The lowest BCUT2D eigenvalue weighted by Crippen LogP contribution is -2.26. The molecule has 0 fully saturated rings. The standard InChI is InChI=1S/C16H17F3N2/c1-2-21-15(10-12-6-4-3-5-7-12)13-11-20-9-8-14(13)16(17,18)19/h3-9,11,15,21H,2,10H2,1H3. The third-order valence-electron chi connectivity index (χ3n) is 3.27. The Labute approximate surface area is 122 Å². The average molecular weight is 294 g/mol. The molecule has 0 bridgehead atoms. The van der Waals surface area contributed by atoms with Crippen LogP contribution in [0.1, 0.15) is 29.7 Å². The van der Waals surface area contributed by atoms with Crippen molar-refractivity contribution in [3.05, 3.63) is 65.5 Å². The van der Waals surface area contributed by atoms with E-state index in [1.165, 1.54) is 12.4 Å². The first-order valence-corrected chi connectivity index (χ1v) is 6.80. The number of pyridine rings is 1. The molecule has 1 aromatic carbocycles. The molecule has 0 amide bonds. The lowest BCUT2D eigenvalue weighted by molar-refractivity contribution is -0.138. The Morgan fingerprint density at radius 2 is 1.86 bits per heavy atom. The van der Waals surface area contributed by atoms with E-state index in [2.05, 4.69) is 10.3 Å². The van der Waals surface area contributed by atoms with Gasteiger partial charge in [-0.1, -0.05) is 37.3 Å². The Bertz CT molecular complexity index is 567. The lowest BCUT2D eigenvalue weighted by Gasteiger charge is -2.22. The van der Waals surface area contributed by atoms with Crippen LogP contribution in [0.4, 0.5) is 13.2 Å². The molecule has 5 heteroatoms. The number of nitrogens with one attached hydrogen (secondary N) is 1. The maximum atomic E-state index is 13.1. The van der Waals surface area contributed by atoms with E-state index in [1.54, 1.807) is 0 Å². The minimum absolute atomic E-state index is 0.190. The van der Waals surface area contributed by atoms with Crippen molar-refractivity contribution in [3.8, 4) is 0 Å². The highest BCUT2D eigenvalue weighted by atomic mass is 19.4. The molecule has 21 heavy (non-hydrogen) atoms. The van der Waals surface area contributed by atoms with Crippen molar-refractivity contribution >= 4 is 0 Å². The predicted octanol–water partition coefficient (Wildman–Crippen LogP) is 3.99. The van der Waals surface area contributed by atoms with E-state index < -0.39 is 17.8 Å². The number of rotatable bonds is 5. The van der Waals surface area contributed by atoms with Crippen molar-refractivity contribution in [2.45, 2.75) is 25.6 Å². The molecule has 0 aliphatic carbocycles. The predicted molar refractivity (Wildman–Crippen MR) is 75.8 cm³/mol. The minimum Gasteiger partial charge on any atom is -0.310 e. The molecule has 0 aliphatic heterocycles. The van der Waals surface area contributed by atoms with Gasteiger partial charge >= 0.3 is 6.18 Å². The summed E-state index contributed by atoms with van der Waals surface area (Å²) in [5.74, 6) is 0. The summed E-state index contributed by atoms with van der Waals surface area (Å²) < 4.78 is 39.4. The number of aromatic nitrogens is 1. The molecule has 0 saturated heterocycles. The molecule has 2 nitrogen and oxygen atoms in total. The Kier molecular flexibility index (Phi) is 4.96. The maximum Gasteiger partial charge on any atom is 0.416 e. The molecule has 0 spiro atoms. The normalized spacial score (nSPS) is 13.1. The van der Waals surface area contributed by atoms with Gasteiger partial charge in [-0.15, -0.1) is 0 Å². The van der Waals surface area contributed by atoms with Crippen molar-refractivity contribution < 1.29 is 13.2 Å². The number of alkyl halides is 3. The number of benzene rings is 1. The number of hydrogen-bond donors (Lipinski definition) is 1. The molecular weight excluding hydrogens is 277 g/mol. The first-order chi connectivity index (χ1) is 10.0. The molecule has 1 atom stereocenters. The largest absolute Gasteiger partial charge is 0.416 e. The SMILES string of the molecule is CCNC(Cc1ccccc1)c1cnccc1C(F)(F)F. The quantitative estimate of drug-likeness (QED) is 0.901. The fraction of sp³-hybridized carbons (Fsp3) is 0.312. The Morgan fingerprint density at radius 3 is 2.48 bits per heavy atom. The second-order valence-electron chi connectivity index (χ2n) is 4.76. The van der Waals surface area contributed by atoms with Crippen LogP contribution in [0.15, 0.2) is 48.8 Å². The van der Waals surface area contributed by atoms with Crippen LogP contribution in [0.2, 0.25) is 0 Å². The van der Waals surface area contributed by atoms with Crippen molar-refractivity contribution in [3.63, 3.8) is 0 Å². The molecule has 1 unspecified atom stereocenters.